The molecule has 1 unspecified atom stereocenters. The molecule has 1 atom stereocenters. The van der Waals surface area contributed by atoms with Crippen LogP contribution in [0.2, 0.25) is 0 Å². The summed E-state index contributed by atoms with van der Waals surface area (Å²) >= 11 is 0. The summed E-state index contributed by atoms with van der Waals surface area (Å²) in [6, 6.07) is 51.5. The van der Waals surface area contributed by atoms with E-state index >= 15 is 0 Å². The second-order valence-corrected chi connectivity index (χ2v) is 10.5. The minimum atomic E-state index is 0.210. The highest BCUT2D eigenvalue weighted by molar-refractivity contribution is 5.92. The third-order valence-corrected chi connectivity index (χ3v) is 8.37. The minimum Gasteiger partial charge on any atom is -0.0622 e. The van der Waals surface area contributed by atoms with Crippen molar-refractivity contribution in [3.63, 3.8) is 0 Å². The van der Waals surface area contributed by atoms with E-state index in [1.807, 2.05) is 0 Å². The van der Waals surface area contributed by atoms with E-state index in [1.165, 1.54) is 72.3 Å². The highest BCUT2D eigenvalue weighted by Gasteiger charge is 2.34. The van der Waals surface area contributed by atoms with E-state index in [1.54, 1.807) is 0 Å². The molecule has 38 heavy (non-hydrogen) atoms. The molecular formula is C38H26. The summed E-state index contributed by atoms with van der Waals surface area (Å²) in [4.78, 5) is 0. The van der Waals surface area contributed by atoms with Crippen LogP contribution in [0.1, 0.15) is 33.7 Å². The van der Waals surface area contributed by atoms with Crippen LogP contribution in [0.25, 0.3) is 44.5 Å². The summed E-state index contributed by atoms with van der Waals surface area (Å²) in [7, 11) is 0. The maximum absolute atomic E-state index is 2.42. The first-order valence-electron chi connectivity index (χ1n) is 13.4. The maximum atomic E-state index is 2.42. The lowest BCUT2D eigenvalue weighted by molar-refractivity contribution is 1.01. The zero-order valence-electron chi connectivity index (χ0n) is 21.1. The summed E-state index contributed by atoms with van der Waals surface area (Å²) in [6.45, 7) is 0. The first-order valence-corrected chi connectivity index (χ1v) is 13.4. The standard InChI is InChI=1S/C38H26/c1-3-11-25(12-4-1)28-21-29(26-13-5-2-6-14-26)23-30(22-28)37-33-17-9-10-18-34(33)38-35(37)20-19-32-31-16-8-7-15-27(31)24-36(32)38/h1-23,37H,24H2. The van der Waals surface area contributed by atoms with Gasteiger partial charge in [-0.2, -0.15) is 0 Å². The van der Waals surface area contributed by atoms with E-state index in [0.29, 0.717) is 0 Å². The Hall–Kier alpha value is -4.68. The molecule has 2 aliphatic carbocycles. The van der Waals surface area contributed by atoms with Gasteiger partial charge < -0.3 is 0 Å². The molecule has 178 valence electrons. The summed E-state index contributed by atoms with van der Waals surface area (Å²) in [6.07, 6.45) is 1.01. The molecule has 0 heterocycles. The Morgan fingerprint density at radius 1 is 0.421 bits per heavy atom. The fourth-order valence-corrected chi connectivity index (χ4v) is 6.70. The van der Waals surface area contributed by atoms with Crippen LogP contribution in [0.3, 0.4) is 0 Å². The van der Waals surface area contributed by atoms with Gasteiger partial charge in [0.15, 0.2) is 0 Å². The Labute approximate surface area is 223 Å². The largest absolute Gasteiger partial charge is 0.0622 e. The van der Waals surface area contributed by atoms with Crippen LogP contribution in [-0.4, -0.2) is 0 Å². The normalized spacial score (nSPS) is 14.5. The number of benzene rings is 6. The molecule has 0 amide bonds. The van der Waals surface area contributed by atoms with E-state index in [9.17, 15) is 0 Å². The second-order valence-electron chi connectivity index (χ2n) is 10.5. The third-order valence-electron chi connectivity index (χ3n) is 8.37. The van der Waals surface area contributed by atoms with Crippen LogP contribution in [-0.2, 0) is 6.42 Å². The van der Waals surface area contributed by atoms with Crippen molar-refractivity contribution in [2.45, 2.75) is 12.3 Å². The molecule has 0 saturated heterocycles. The fourth-order valence-electron chi connectivity index (χ4n) is 6.70. The predicted octanol–water partition coefficient (Wildman–Crippen LogP) is 9.75. The van der Waals surface area contributed by atoms with Gasteiger partial charge in [-0.3, -0.25) is 0 Å². The number of rotatable bonds is 3. The summed E-state index contributed by atoms with van der Waals surface area (Å²) in [5.74, 6) is 0.210. The van der Waals surface area contributed by atoms with Crippen LogP contribution in [0.15, 0.2) is 140 Å². The average molecular weight is 483 g/mol. The molecule has 0 N–H and O–H groups in total. The van der Waals surface area contributed by atoms with Gasteiger partial charge in [0.1, 0.15) is 0 Å². The molecule has 8 rings (SSSR count). The van der Waals surface area contributed by atoms with Gasteiger partial charge in [0.05, 0.1) is 0 Å². The van der Waals surface area contributed by atoms with E-state index in [4.69, 9.17) is 0 Å². The number of hydrogen-bond donors (Lipinski definition) is 0. The van der Waals surface area contributed by atoms with Gasteiger partial charge in [-0.1, -0.05) is 133 Å². The highest BCUT2D eigenvalue weighted by Crippen LogP contribution is 2.54. The van der Waals surface area contributed by atoms with Crippen LogP contribution >= 0.6 is 0 Å². The summed E-state index contributed by atoms with van der Waals surface area (Å²) < 4.78 is 0. The Balaban J connectivity index is 1.37. The maximum Gasteiger partial charge on any atom is 0.0352 e. The van der Waals surface area contributed by atoms with Crippen LogP contribution in [0, 0.1) is 0 Å². The van der Waals surface area contributed by atoms with Crippen LogP contribution in [0.4, 0.5) is 0 Å². The van der Waals surface area contributed by atoms with Gasteiger partial charge in [0.2, 0.25) is 0 Å². The predicted molar refractivity (Wildman–Crippen MR) is 158 cm³/mol. The average Bonchev–Trinajstić information content (AvgIpc) is 3.53. The highest BCUT2D eigenvalue weighted by atomic mass is 14.4. The topological polar surface area (TPSA) is 0 Å². The number of hydrogen-bond acceptors (Lipinski definition) is 0. The molecule has 0 aromatic heterocycles. The molecule has 0 nitrogen and oxygen atoms in total. The Morgan fingerprint density at radius 3 is 1.74 bits per heavy atom. The number of fused-ring (bicyclic) bond motifs is 7. The van der Waals surface area contributed by atoms with E-state index in [0.717, 1.165) is 6.42 Å². The van der Waals surface area contributed by atoms with E-state index in [-0.39, 0.29) is 5.92 Å². The van der Waals surface area contributed by atoms with Crippen molar-refractivity contribution in [2.75, 3.05) is 0 Å². The van der Waals surface area contributed by atoms with E-state index in [2.05, 4.69) is 140 Å². The third kappa shape index (κ3) is 3.24. The molecule has 0 heteroatoms. The molecule has 0 bridgehead atoms. The quantitative estimate of drug-likeness (QED) is 0.235. The van der Waals surface area contributed by atoms with Crippen molar-refractivity contribution in [1.82, 2.24) is 0 Å². The molecule has 6 aromatic carbocycles. The van der Waals surface area contributed by atoms with Crippen LogP contribution < -0.4 is 0 Å². The molecule has 0 radical (unpaired) electrons. The SMILES string of the molecule is c1ccc(-c2cc(-c3ccccc3)cc(C3c4ccccc4-c4c3ccc3c4Cc4ccccc4-3)c2)cc1. The zero-order valence-corrected chi connectivity index (χ0v) is 21.1. The molecule has 2 aliphatic rings. The first kappa shape index (κ1) is 21.4. The summed E-state index contributed by atoms with van der Waals surface area (Å²) in [5, 5.41) is 0. The Kier molecular flexibility index (Phi) is 4.75. The minimum absolute atomic E-state index is 0.210. The smallest absolute Gasteiger partial charge is 0.0352 e. The van der Waals surface area contributed by atoms with Crippen molar-refractivity contribution in [1.29, 1.82) is 0 Å². The molecular weight excluding hydrogens is 456 g/mol. The first-order chi connectivity index (χ1) is 18.8. The van der Waals surface area contributed by atoms with Crippen molar-refractivity contribution in [3.05, 3.63) is 167 Å². The van der Waals surface area contributed by atoms with Gasteiger partial charge >= 0.3 is 0 Å². The van der Waals surface area contributed by atoms with Crippen molar-refractivity contribution in [3.8, 4) is 44.5 Å². The van der Waals surface area contributed by atoms with Crippen molar-refractivity contribution in [2.24, 2.45) is 0 Å². The van der Waals surface area contributed by atoms with E-state index < -0.39 is 0 Å². The summed E-state index contributed by atoms with van der Waals surface area (Å²) in [5.41, 5.74) is 17.8. The molecule has 0 saturated carbocycles. The molecule has 0 spiro atoms. The lowest BCUT2D eigenvalue weighted by atomic mass is 9.85. The van der Waals surface area contributed by atoms with Gasteiger partial charge in [0, 0.05) is 5.92 Å². The lowest BCUT2D eigenvalue weighted by Gasteiger charge is -2.18. The van der Waals surface area contributed by atoms with Gasteiger partial charge in [-0.15, -0.1) is 0 Å². The second kappa shape index (κ2) is 8.43. The lowest BCUT2D eigenvalue weighted by Crippen LogP contribution is -2.01. The Morgan fingerprint density at radius 2 is 1.03 bits per heavy atom. The van der Waals surface area contributed by atoms with Gasteiger partial charge in [-0.25, -0.2) is 0 Å². The van der Waals surface area contributed by atoms with Gasteiger partial charge in [0.25, 0.3) is 0 Å². The Bertz CT molecular complexity index is 1770. The molecule has 0 aliphatic heterocycles. The van der Waals surface area contributed by atoms with Gasteiger partial charge in [-0.05, 0) is 84.8 Å². The molecule has 6 aromatic rings. The van der Waals surface area contributed by atoms with Crippen LogP contribution in [0.5, 0.6) is 0 Å². The zero-order chi connectivity index (χ0) is 25.1. The molecule has 0 fully saturated rings. The fraction of sp³-hybridized carbons (Fsp3) is 0.0526. The monoisotopic (exact) mass is 482 g/mol. The van der Waals surface area contributed by atoms with Crippen molar-refractivity contribution < 1.29 is 0 Å². The van der Waals surface area contributed by atoms with Crippen molar-refractivity contribution >= 4 is 0 Å².